The molecule has 0 spiro atoms. The van der Waals surface area contributed by atoms with E-state index in [1.807, 2.05) is 0 Å². The number of hydrogen-bond donors (Lipinski definition) is 3. The predicted octanol–water partition coefficient (Wildman–Crippen LogP) is -1.37. The lowest BCUT2D eigenvalue weighted by molar-refractivity contribution is -0.142. The van der Waals surface area contributed by atoms with E-state index in [1.165, 1.54) is 0 Å². The molecular formula is C9H17N3O5. The van der Waals surface area contributed by atoms with Crippen molar-refractivity contribution in [2.45, 2.75) is 0 Å². The number of carboxylic acids is 1. The van der Waals surface area contributed by atoms with Crippen LogP contribution >= 0.6 is 0 Å². The van der Waals surface area contributed by atoms with Crippen molar-refractivity contribution in [1.29, 1.82) is 0 Å². The van der Waals surface area contributed by atoms with Crippen molar-refractivity contribution in [3.63, 3.8) is 0 Å². The van der Waals surface area contributed by atoms with Gasteiger partial charge in [0.15, 0.2) is 0 Å². The molecule has 0 aromatic heterocycles. The molecule has 1 aliphatic rings. The van der Waals surface area contributed by atoms with Crippen molar-refractivity contribution in [2.24, 2.45) is 0 Å². The van der Waals surface area contributed by atoms with Crippen LogP contribution in [0, 0.1) is 0 Å². The molecular weight excluding hydrogens is 230 g/mol. The second-order valence-electron chi connectivity index (χ2n) is 3.41. The van der Waals surface area contributed by atoms with E-state index in [4.69, 9.17) is 14.6 Å². The zero-order valence-electron chi connectivity index (χ0n) is 9.48. The number of amides is 2. The first-order valence-electron chi connectivity index (χ1n) is 5.35. The maximum absolute atomic E-state index is 11.3. The Kier molecular flexibility index (Phi) is 6.30. The number of ether oxygens (including phenoxy) is 2. The summed E-state index contributed by atoms with van der Waals surface area (Å²) in [4.78, 5) is 21.4. The van der Waals surface area contributed by atoms with Crippen LogP contribution in [0.1, 0.15) is 0 Å². The number of hydrazine groups is 1. The summed E-state index contributed by atoms with van der Waals surface area (Å²) in [7, 11) is 0. The Bertz CT molecular complexity index is 255. The molecule has 0 aromatic carbocycles. The minimum Gasteiger partial charge on any atom is -0.480 e. The van der Waals surface area contributed by atoms with Crippen molar-refractivity contribution in [2.75, 3.05) is 46.1 Å². The number of urea groups is 1. The fourth-order valence-corrected chi connectivity index (χ4v) is 1.25. The maximum atomic E-state index is 11.3. The second kappa shape index (κ2) is 7.82. The highest BCUT2D eigenvalue weighted by atomic mass is 16.5. The van der Waals surface area contributed by atoms with Gasteiger partial charge < -0.3 is 19.9 Å². The van der Waals surface area contributed by atoms with Crippen molar-refractivity contribution in [1.82, 2.24) is 15.8 Å². The topological polar surface area (TPSA) is 100 Å². The Balaban J connectivity index is 1.98. The van der Waals surface area contributed by atoms with Crippen molar-refractivity contribution >= 4 is 12.0 Å². The van der Waals surface area contributed by atoms with Gasteiger partial charge in [-0.2, -0.15) is 0 Å². The average molecular weight is 247 g/mol. The molecule has 17 heavy (non-hydrogen) atoms. The van der Waals surface area contributed by atoms with Crippen LogP contribution in [0.5, 0.6) is 0 Å². The molecule has 1 rings (SSSR count). The summed E-state index contributed by atoms with van der Waals surface area (Å²) >= 11 is 0. The number of nitrogens with one attached hydrogen (secondary N) is 2. The van der Waals surface area contributed by atoms with Crippen LogP contribution in [0.15, 0.2) is 0 Å². The van der Waals surface area contributed by atoms with Gasteiger partial charge in [-0.1, -0.05) is 0 Å². The molecule has 0 radical (unpaired) electrons. The van der Waals surface area contributed by atoms with E-state index in [0.717, 1.165) is 0 Å². The highest BCUT2D eigenvalue weighted by Crippen LogP contribution is 1.91. The summed E-state index contributed by atoms with van der Waals surface area (Å²) in [6, 6.07) is -0.328. The van der Waals surface area contributed by atoms with Gasteiger partial charge in [0.05, 0.1) is 19.8 Å². The minimum absolute atomic E-state index is 0.169. The third kappa shape index (κ3) is 6.72. The summed E-state index contributed by atoms with van der Waals surface area (Å²) in [6.07, 6.45) is 0. The lowest BCUT2D eigenvalue weighted by Crippen LogP contribution is -2.52. The molecule has 0 aliphatic carbocycles. The number of carbonyl (C=O) groups excluding carboxylic acids is 1. The molecule has 1 fully saturated rings. The van der Waals surface area contributed by atoms with Gasteiger partial charge in [0, 0.05) is 19.6 Å². The number of aliphatic carboxylic acids is 1. The fourth-order valence-electron chi connectivity index (χ4n) is 1.25. The van der Waals surface area contributed by atoms with Gasteiger partial charge in [-0.3, -0.25) is 5.43 Å². The standard InChI is InChI=1S/C9H17N3O5/c13-8(14)7-17-4-1-10-9(15)11-12-2-5-16-6-3-12/h1-7H2,(H,13,14)(H2,10,11,15). The van der Waals surface area contributed by atoms with E-state index in [9.17, 15) is 9.59 Å². The lowest BCUT2D eigenvalue weighted by Gasteiger charge is -2.26. The molecule has 0 saturated carbocycles. The number of rotatable bonds is 6. The van der Waals surface area contributed by atoms with Crippen molar-refractivity contribution < 1.29 is 24.2 Å². The zero-order chi connectivity index (χ0) is 12.5. The molecule has 3 N–H and O–H groups in total. The summed E-state index contributed by atoms with van der Waals surface area (Å²) in [5.74, 6) is -1.03. The van der Waals surface area contributed by atoms with E-state index in [0.29, 0.717) is 26.3 Å². The first-order chi connectivity index (χ1) is 8.18. The smallest absolute Gasteiger partial charge is 0.329 e. The van der Waals surface area contributed by atoms with Crippen LogP contribution in [0.25, 0.3) is 0 Å². The Labute approximate surface area is 98.8 Å². The lowest BCUT2D eigenvalue weighted by atomic mass is 10.5. The Morgan fingerprint density at radius 2 is 2.06 bits per heavy atom. The number of carbonyl (C=O) groups is 2. The molecule has 1 saturated heterocycles. The van der Waals surface area contributed by atoms with Gasteiger partial charge >= 0.3 is 12.0 Å². The number of hydrogen-bond acceptors (Lipinski definition) is 5. The van der Waals surface area contributed by atoms with E-state index in [1.54, 1.807) is 5.01 Å². The molecule has 0 aromatic rings. The molecule has 0 bridgehead atoms. The van der Waals surface area contributed by atoms with Gasteiger partial charge in [-0.25, -0.2) is 14.6 Å². The van der Waals surface area contributed by atoms with Crippen LogP contribution < -0.4 is 10.7 Å². The van der Waals surface area contributed by atoms with Crippen LogP contribution in [0.3, 0.4) is 0 Å². The highest BCUT2D eigenvalue weighted by Gasteiger charge is 2.12. The summed E-state index contributed by atoms with van der Waals surface area (Å²) in [5, 5.41) is 12.6. The van der Waals surface area contributed by atoms with E-state index >= 15 is 0 Å². The van der Waals surface area contributed by atoms with Crippen molar-refractivity contribution in [3.8, 4) is 0 Å². The normalized spacial score (nSPS) is 16.5. The maximum Gasteiger partial charge on any atom is 0.329 e. The van der Waals surface area contributed by atoms with Gasteiger partial charge in [0.1, 0.15) is 6.61 Å². The summed E-state index contributed by atoms with van der Waals surface area (Å²) in [6.45, 7) is 2.59. The first kappa shape index (κ1) is 13.7. The molecule has 98 valence electrons. The van der Waals surface area contributed by atoms with Crippen LogP contribution in [-0.2, 0) is 14.3 Å². The Morgan fingerprint density at radius 1 is 1.35 bits per heavy atom. The highest BCUT2D eigenvalue weighted by molar-refractivity contribution is 5.73. The number of carboxylic acid groups (broad SMARTS) is 1. The average Bonchev–Trinajstić information content (AvgIpc) is 2.29. The van der Waals surface area contributed by atoms with Crippen LogP contribution in [0.2, 0.25) is 0 Å². The predicted molar refractivity (Wildman–Crippen MR) is 57.4 cm³/mol. The third-order valence-electron chi connectivity index (χ3n) is 2.03. The van der Waals surface area contributed by atoms with Gasteiger partial charge in [0.2, 0.25) is 0 Å². The van der Waals surface area contributed by atoms with E-state index < -0.39 is 5.97 Å². The summed E-state index contributed by atoms with van der Waals surface area (Å²) < 4.78 is 9.89. The zero-order valence-corrected chi connectivity index (χ0v) is 9.48. The molecule has 0 atom stereocenters. The quantitative estimate of drug-likeness (QED) is 0.501. The van der Waals surface area contributed by atoms with Gasteiger partial charge in [-0.05, 0) is 0 Å². The monoisotopic (exact) mass is 247 g/mol. The summed E-state index contributed by atoms with van der Waals surface area (Å²) in [5.41, 5.74) is 2.65. The van der Waals surface area contributed by atoms with Crippen LogP contribution in [0.4, 0.5) is 4.79 Å². The minimum atomic E-state index is -1.03. The number of nitrogens with zero attached hydrogens (tertiary/aromatic N) is 1. The molecule has 8 nitrogen and oxygen atoms in total. The molecule has 2 amide bonds. The number of morpholine rings is 1. The molecule has 0 unspecified atom stereocenters. The molecule has 1 aliphatic heterocycles. The fraction of sp³-hybridized carbons (Fsp3) is 0.778. The largest absolute Gasteiger partial charge is 0.480 e. The van der Waals surface area contributed by atoms with Crippen LogP contribution in [-0.4, -0.2) is 68.2 Å². The Morgan fingerprint density at radius 3 is 2.71 bits per heavy atom. The SMILES string of the molecule is O=C(O)COCCNC(=O)NN1CCOCC1. The van der Waals surface area contributed by atoms with E-state index in [-0.39, 0.29) is 25.8 Å². The third-order valence-corrected chi connectivity index (χ3v) is 2.03. The van der Waals surface area contributed by atoms with Gasteiger partial charge in [0.25, 0.3) is 0 Å². The van der Waals surface area contributed by atoms with Crippen molar-refractivity contribution in [3.05, 3.63) is 0 Å². The van der Waals surface area contributed by atoms with Gasteiger partial charge in [-0.15, -0.1) is 0 Å². The second-order valence-corrected chi connectivity index (χ2v) is 3.41. The molecule has 8 heteroatoms. The van der Waals surface area contributed by atoms with E-state index in [2.05, 4.69) is 10.7 Å². The molecule has 1 heterocycles. The first-order valence-corrected chi connectivity index (χ1v) is 5.35. The Hall–Kier alpha value is -1.38.